The maximum atomic E-state index is 10.7. The number of carbonyl (C=O) groups excluding carboxylic acids is 1. The van der Waals surface area contributed by atoms with Crippen LogP contribution in [0.15, 0.2) is 28.8 Å². The number of ether oxygens (including phenoxy) is 1. The lowest BCUT2D eigenvalue weighted by molar-refractivity contribution is -0.119. The van der Waals surface area contributed by atoms with Gasteiger partial charge in [-0.05, 0) is 18.2 Å². The van der Waals surface area contributed by atoms with E-state index in [9.17, 15) is 4.79 Å². The Kier molecular flexibility index (Phi) is 3.79. The Bertz CT molecular complexity index is 578. The molecule has 6 nitrogen and oxygen atoms in total. The van der Waals surface area contributed by atoms with Crippen LogP contribution in [0.5, 0.6) is 5.75 Å². The molecule has 1 aromatic carbocycles. The molecular formula is C13H15N3O3. The van der Waals surface area contributed by atoms with Crippen LogP contribution in [0.25, 0.3) is 11.5 Å². The van der Waals surface area contributed by atoms with Crippen LogP contribution in [-0.4, -0.2) is 22.7 Å². The highest BCUT2D eigenvalue weighted by Crippen LogP contribution is 2.23. The van der Waals surface area contributed by atoms with Gasteiger partial charge in [0.05, 0.1) is 0 Å². The van der Waals surface area contributed by atoms with Gasteiger partial charge in [0, 0.05) is 11.5 Å². The molecular weight excluding hydrogens is 246 g/mol. The van der Waals surface area contributed by atoms with Crippen molar-refractivity contribution in [1.82, 2.24) is 10.1 Å². The first-order chi connectivity index (χ1) is 9.06. The molecule has 0 atom stereocenters. The molecule has 6 heteroatoms. The molecule has 0 radical (unpaired) electrons. The summed E-state index contributed by atoms with van der Waals surface area (Å²) in [6.45, 7) is 3.81. The van der Waals surface area contributed by atoms with E-state index < -0.39 is 5.91 Å². The highest BCUT2D eigenvalue weighted by Gasteiger charge is 2.12. The fraction of sp³-hybridized carbons (Fsp3) is 0.308. The first-order valence-corrected chi connectivity index (χ1v) is 5.91. The predicted octanol–water partition coefficient (Wildman–Crippen LogP) is 1.72. The van der Waals surface area contributed by atoms with Gasteiger partial charge in [-0.25, -0.2) is 0 Å². The van der Waals surface area contributed by atoms with Gasteiger partial charge in [0.1, 0.15) is 5.75 Å². The van der Waals surface area contributed by atoms with Crippen molar-refractivity contribution >= 4 is 5.91 Å². The minimum absolute atomic E-state index is 0.162. The van der Waals surface area contributed by atoms with Gasteiger partial charge in [-0.2, -0.15) is 4.98 Å². The molecule has 1 amide bonds. The average Bonchev–Trinajstić information content (AvgIpc) is 2.86. The Morgan fingerprint density at radius 2 is 2.26 bits per heavy atom. The number of hydrogen-bond donors (Lipinski definition) is 1. The molecule has 19 heavy (non-hydrogen) atoms. The molecule has 1 heterocycles. The summed E-state index contributed by atoms with van der Waals surface area (Å²) >= 11 is 0. The van der Waals surface area contributed by atoms with E-state index in [1.807, 2.05) is 19.9 Å². The first kappa shape index (κ1) is 13.1. The summed E-state index contributed by atoms with van der Waals surface area (Å²) in [6, 6.07) is 7.06. The minimum atomic E-state index is -0.523. The number of hydrogen-bond acceptors (Lipinski definition) is 5. The molecule has 100 valence electrons. The van der Waals surface area contributed by atoms with Crippen LogP contribution in [0.2, 0.25) is 0 Å². The van der Waals surface area contributed by atoms with Crippen LogP contribution in [0, 0.1) is 0 Å². The second-order valence-electron chi connectivity index (χ2n) is 4.40. The standard InChI is InChI=1S/C13H15N3O3/c1-8(2)12-15-13(19-16-12)9-4-3-5-10(6-9)18-7-11(14)17/h3-6,8H,7H2,1-2H3,(H2,14,17). The number of nitrogens with zero attached hydrogens (tertiary/aromatic N) is 2. The molecule has 0 saturated carbocycles. The van der Waals surface area contributed by atoms with Crippen molar-refractivity contribution in [2.75, 3.05) is 6.61 Å². The summed E-state index contributed by atoms with van der Waals surface area (Å²) in [7, 11) is 0. The Balaban J connectivity index is 2.19. The summed E-state index contributed by atoms with van der Waals surface area (Å²) in [5, 5.41) is 3.89. The van der Waals surface area contributed by atoms with E-state index in [-0.39, 0.29) is 12.5 Å². The molecule has 0 spiro atoms. The Labute approximate surface area is 110 Å². The van der Waals surface area contributed by atoms with Crippen molar-refractivity contribution in [3.63, 3.8) is 0 Å². The van der Waals surface area contributed by atoms with Gasteiger partial charge in [0.2, 0.25) is 0 Å². The number of rotatable bonds is 5. The normalized spacial score (nSPS) is 10.7. The van der Waals surface area contributed by atoms with Crippen molar-refractivity contribution in [2.24, 2.45) is 5.73 Å². The second-order valence-corrected chi connectivity index (χ2v) is 4.40. The first-order valence-electron chi connectivity index (χ1n) is 5.91. The zero-order chi connectivity index (χ0) is 13.8. The fourth-order valence-electron chi connectivity index (χ4n) is 1.46. The van der Waals surface area contributed by atoms with Crippen molar-refractivity contribution in [3.8, 4) is 17.2 Å². The van der Waals surface area contributed by atoms with Crippen molar-refractivity contribution in [3.05, 3.63) is 30.1 Å². The number of primary amides is 1. The largest absolute Gasteiger partial charge is 0.484 e. The van der Waals surface area contributed by atoms with Crippen molar-refractivity contribution in [2.45, 2.75) is 19.8 Å². The summed E-state index contributed by atoms with van der Waals surface area (Å²) < 4.78 is 10.4. The number of aromatic nitrogens is 2. The highest BCUT2D eigenvalue weighted by atomic mass is 16.5. The Hall–Kier alpha value is -2.37. The number of nitrogens with two attached hydrogens (primary N) is 1. The van der Waals surface area contributed by atoms with E-state index in [1.54, 1.807) is 18.2 Å². The highest BCUT2D eigenvalue weighted by molar-refractivity contribution is 5.75. The molecule has 0 aliphatic heterocycles. The average molecular weight is 261 g/mol. The summed E-state index contributed by atoms with van der Waals surface area (Å²) in [6.07, 6.45) is 0. The fourth-order valence-corrected chi connectivity index (χ4v) is 1.46. The molecule has 0 unspecified atom stereocenters. The maximum Gasteiger partial charge on any atom is 0.258 e. The van der Waals surface area contributed by atoms with Crippen molar-refractivity contribution < 1.29 is 14.1 Å². The monoisotopic (exact) mass is 261 g/mol. The second kappa shape index (κ2) is 5.51. The van der Waals surface area contributed by atoms with Crippen LogP contribution in [0.3, 0.4) is 0 Å². The van der Waals surface area contributed by atoms with E-state index in [0.717, 1.165) is 5.56 Å². The third kappa shape index (κ3) is 3.31. The van der Waals surface area contributed by atoms with Gasteiger partial charge in [0.25, 0.3) is 11.8 Å². The van der Waals surface area contributed by atoms with Gasteiger partial charge >= 0.3 is 0 Å². The summed E-state index contributed by atoms with van der Waals surface area (Å²) in [5.74, 6) is 1.28. The Morgan fingerprint density at radius 3 is 2.89 bits per heavy atom. The van der Waals surface area contributed by atoms with E-state index in [2.05, 4.69) is 10.1 Å². The smallest absolute Gasteiger partial charge is 0.258 e. The molecule has 0 bridgehead atoms. The van der Waals surface area contributed by atoms with Crippen LogP contribution in [0.1, 0.15) is 25.6 Å². The van der Waals surface area contributed by atoms with Crippen LogP contribution in [0.4, 0.5) is 0 Å². The van der Waals surface area contributed by atoms with Crippen LogP contribution < -0.4 is 10.5 Å². The number of benzene rings is 1. The third-order valence-corrected chi connectivity index (χ3v) is 2.42. The van der Waals surface area contributed by atoms with Gasteiger partial charge in [-0.15, -0.1) is 0 Å². The van der Waals surface area contributed by atoms with Crippen LogP contribution in [-0.2, 0) is 4.79 Å². The zero-order valence-electron chi connectivity index (χ0n) is 10.8. The van der Waals surface area contributed by atoms with Crippen molar-refractivity contribution in [1.29, 1.82) is 0 Å². The number of amides is 1. The molecule has 1 aromatic heterocycles. The Morgan fingerprint density at radius 1 is 1.47 bits per heavy atom. The quantitative estimate of drug-likeness (QED) is 0.884. The molecule has 0 aliphatic carbocycles. The maximum absolute atomic E-state index is 10.7. The van der Waals surface area contributed by atoms with Gasteiger partial charge < -0.3 is 15.0 Å². The molecule has 2 rings (SSSR count). The lowest BCUT2D eigenvalue weighted by atomic mass is 10.2. The lowest BCUT2D eigenvalue weighted by Gasteiger charge is -2.03. The van der Waals surface area contributed by atoms with Gasteiger partial charge in [-0.1, -0.05) is 25.1 Å². The van der Waals surface area contributed by atoms with E-state index in [4.69, 9.17) is 15.0 Å². The molecule has 0 fully saturated rings. The van der Waals surface area contributed by atoms with Crippen LogP contribution >= 0.6 is 0 Å². The molecule has 2 N–H and O–H groups in total. The summed E-state index contributed by atoms with van der Waals surface area (Å²) in [4.78, 5) is 15.0. The predicted molar refractivity (Wildman–Crippen MR) is 68.5 cm³/mol. The van der Waals surface area contributed by atoms with E-state index >= 15 is 0 Å². The summed E-state index contributed by atoms with van der Waals surface area (Å²) in [5.41, 5.74) is 5.76. The third-order valence-electron chi connectivity index (χ3n) is 2.42. The topological polar surface area (TPSA) is 91.2 Å². The SMILES string of the molecule is CC(C)c1noc(-c2cccc(OCC(N)=O)c2)n1. The molecule has 0 aliphatic rings. The molecule has 2 aromatic rings. The lowest BCUT2D eigenvalue weighted by Crippen LogP contribution is -2.19. The van der Waals surface area contributed by atoms with Gasteiger partial charge in [0.15, 0.2) is 12.4 Å². The number of carbonyl (C=O) groups is 1. The van der Waals surface area contributed by atoms with Gasteiger partial charge in [-0.3, -0.25) is 4.79 Å². The van der Waals surface area contributed by atoms with E-state index in [0.29, 0.717) is 17.5 Å². The minimum Gasteiger partial charge on any atom is -0.484 e. The zero-order valence-corrected chi connectivity index (χ0v) is 10.8. The van der Waals surface area contributed by atoms with E-state index in [1.165, 1.54) is 0 Å². The molecule has 0 saturated heterocycles.